The number of halogens is 2. The van der Waals surface area contributed by atoms with Gasteiger partial charge in [-0.05, 0) is 66.2 Å². The van der Waals surface area contributed by atoms with Gasteiger partial charge in [-0.1, -0.05) is 35.9 Å². The molecule has 0 spiro atoms. The second kappa shape index (κ2) is 11.4. The normalized spacial score (nSPS) is 11.4. The zero-order valence-corrected chi connectivity index (χ0v) is 23.3. The van der Waals surface area contributed by atoms with Crippen molar-refractivity contribution in [3.63, 3.8) is 0 Å². The minimum atomic E-state index is -0.376. The Hall–Kier alpha value is -5.15. The Kier molecular flexibility index (Phi) is 7.33. The van der Waals surface area contributed by atoms with E-state index in [4.69, 9.17) is 35.2 Å². The minimum absolute atomic E-state index is 0.0993. The van der Waals surface area contributed by atoms with Crippen LogP contribution in [0.3, 0.4) is 0 Å². The molecule has 0 N–H and O–H groups in total. The first-order chi connectivity index (χ1) is 20.4. The van der Waals surface area contributed by atoms with E-state index in [-0.39, 0.29) is 23.8 Å². The van der Waals surface area contributed by atoms with Gasteiger partial charge in [-0.2, -0.15) is 9.78 Å². The van der Waals surface area contributed by atoms with Crippen molar-refractivity contribution in [3.8, 4) is 28.8 Å². The maximum atomic E-state index is 13.6. The summed E-state index contributed by atoms with van der Waals surface area (Å²) in [6.45, 7) is 0.0993. The number of rotatable bonds is 8. The van der Waals surface area contributed by atoms with Gasteiger partial charge >= 0.3 is 0 Å². The summed E-state index contributed by atoms with van der Waals surface area (Å²) in [5.74, 6) is 1.29. The quantitative estimate of drug-likeness (QED) is 0.178. The average molecular weight is 584 g/mol. The standard InChI is InChI=1S/C32H23ClFN3O5/c1-39-27-13-20(14-28(40-2)30(27)41-18-19-6-5-7-23(34)12-19)17-35-37-31(36-25-9-4-3-8-24(25)32(37)38)29-16-21-15-22(33)10-11-26(21)42-29/h3-17H,18H2,1-2H3. The molecule has 6 rings (SSSR count). The number of aromatic nitrogens is 2. The molecule has 8 nitrogen and oxygen atoms in total. The van der Waals surface area contributed by atoms with E-state index < -0.39 is 0 Å². The molecule has 0 aliphatic carbocycles. The van der Waals surface area contributed by atoms with Crippen LogP contribution < -0.4 is 19.8 Å². The second-order valence-corrected chi connectivity index (χ2v) is 9.72. The number of methoxy groups -OCH3 is 2. The molecule has 4 aromatic carbocycles. The number of nitrogens with zero attached hydrogens (tertiary/aromatic N) is 3. The molecule has 0 unspecified atom stereocenters. The summed E-state index contributed by atoms with van der Waals surface area (Å²) in [7, 11) is 2.99. The van der Waals surface area contributed by atoms with Crippen LogP contribution in [0.15, 0.2) is 99.2 Å². The van der Waals surface area contributed by atoms with E-state index >= 15 is 0 Å². The van der Waals surface area contributed by atoms with Crippen molar-refractivity contribution < 1.29 is 23.0 Å². The molecule has 0 saturated carbocycles. The first-order valence-corrected chi connectivity index (χ1v) is 13.2. The van der Waals surface area contributed by atoms with E-state index in [2.05, 4.69) is 5.10 Å². The summed E-state index contributed by atoms with van der Waals surface area (Å²) in [5.41, 5.74) is 1.93. The second-order valence-electron chi connectivity index (χ2n) is 9.28. The van der Waals surface area contributed by atoms with Crippen molar-refractivity contribution >= 4 is 39.7 Å². The van der Waals surface area contributed by atoms with Crippen molar-refractivity contribution in [2.45, 2.75) is 6.61 Å². The summed E-state index contributed by atoms with van der Waals surface area (Å²) >= 11 is 6.16. The van der Waals surface area contributed by atoms with Gasteiger partial charge in [0.2, 0.25) is 11.6 Å². The van der Waals surface area contributed by atoms with E-state index in [0.717, 1.165) is 5.39 Å². The SMILES string of the molecule is COc1cc(C=Nn2c(-c3cc4cc(Cl)ccc4o3)nc3ccccc3c2=O)cc(OC)c1OCc1cccc(F)c1. The molecule has 0 bridgehead atoms. The fourth-order valence-corrected chi connectivity index (χ4v) is 4.72. The highest BCUT2D eigenvalue weighted by Crippen LogP contribution is 2.39. The highest BCUT2D eigenvalue weighted by atomic mass is 35.5. The monoisotopic (exact) mass is 583 g/mol. The lowest BCUT2D eigenvalue weighted by atomic mass is 10.2. The molecule has 2 aromatic heterocycles. The maximum Gasteiger partial charge on any atom is 0.282 e. The third kappa shape index (κ3) is 5.29. The van der Waals surface area contributed by atoms with Crippen LogP contribution in [0, 0.1) is 5.82 Å². The van der Waals surface area contributed by atoms with Crippen LogP contribution in [-0.4, -0.2) is 30.1 Å². The first kappa shape index (κ1) is 27.0. The minimum Gasteiger partial charge on any atom is -0.493 e. The predicted molar refractivity (Wildman–Crippen MR) is 159 cm³/mol. The van der Waals surface area contributed by atoms with Crippen LogP contribution in [0.25, 0.3) is 33.5 Å². The number of para-hydroxylation sites is 1. The fraction of sp³-hybridized carbons (Fsp3) is 0.0938. The van der Waals surface area contributed by atoms with Crippen molar-refractivity contribution in [3.05, 3.63) is 117 Å². The molecule has 0 radical (unpaired) electrons. The zero-order valence-electron chi connectivity index (χ0n) is 22.5. The lowest BCUT2D eigenvalue weighted by Gasteiger charge is -2.15. The number of ether oxygens (including phenoxy) is 3. The zero-order chi connectivity index (χ0) is 29.2. The Morgan fingerprint density at radius 1 is 0.976 bits per heavy atom. The molecular weight excluding hydrogens is 561 g/mol. The van der Waals surface area contributed by atoms with Gasteiger partial charge in [-0.15, -0.1) is 0 Å². The average Bonchev–Trinajstić information content (AvgIpc) is 3.42. The molecule has 6 aromatic rings. The molecule has 0 saturated heterocycles. The van der Waals surface area contributed by atoms with Gasteiger partial charge in [0, 0.05) is 16.0 Å². The van der Waals surface area contributed by atoms with Gasteiger partial charge in [0.15, 0.2) is 17.3 Å². The lowest BCUT2D eigenvalue weighted by Crippen LogP contribution is -2.20. The van der Waals surface area contributed by atoms with Crippen molar-refractivity contribution in [2.24, 2.45) is 5.10 Å². The van der Waals surface area contributed by atoms with E-state index in [1.165, 1.54) is 37.2 Å². The predicted octanol–water partition coefficient (Wildman–Crippen LogP) is 7.08. The van der Waals surface area contributed by atoms with Crippen molar-refractivity contribution in [1.29, 1.82) is 0 Å². The third-order valence-electron chi connectivity index (χ3n) is 6.53. The number of hydrogen-bond acceptors (Lipinski definition) is 7. The molecule has 0 atom stereocenters. The lowest BCUT2D eigenvalue weighted by molar-refractivity contribution is 0.265. The van der Waals surface area contributed by atoms with E-state index in [9.17, 15) is 9.18 Å². The first-order valence-electron chi connectivity index (χ1n) is 12.8. The highest BCUT2D eigenvalue weighted by molar-refractivity contribution is 6.31. The molecule has 0 fully saturated rings. The smallest absolute Gasteiger partial charge is 0.282 e. The Labute approximate surface area is 244 Å². The van der Waals surface area contributed by atoms with Gasteiger partial charge in [0.05, 0.1) is 31.3 Å². The number of benzene rings is 4. The van der Waals surface area contributed by atoms with Gasteiger partial charge in [-0.3, -0.25) is 4.79 Å². The number of fused-ring (bicyclic) bond motifs is 2. The van der Waals surface area contributed by atoms with E-state index in [1.54, 1.807) is 72.8 Å². The largest absolute Gasteiger partial charge is 0.493 e. The Morgan fingerprint density at radius 2 is 1.76 bits per heavy atom. The maximum absolute atomic E-state index is 13.6. The van der Waals surface area contributed by atoms with Crippen LogP contribution in [0.5, 0.6) is 17.2 Å². The van der Waals surface area contributed by atoms with Gasteiger partial charge in [0.25, 0.3) is 5.56 Å². The molecule has 0 aliphatic rings. The Morgan fingerprint density at radius 3 is 2.52 bits per heavy atom. The van der Waals surface area contributed by atoms with Crippen LogP contribution in [-0.2, 0) is 6.61 Å². The van der Waals surface area contributed by atoms with E-state index in [0.29, 0.717) is 55.6 Å². The Balaban J connectivity index is 1.41. The highest BCUT2D eigenvalue weighted by Gasteiger charge is 2.18. The van der Waals surface area contributed by atoms with Crippen molar-refractivity contribution in [2.75, 3.05) is 14.2 Å². The molecule has 210 valence electrons. The topological polar surface area (TPSA) is 88.1 Å². The van der Waals surface area contributed by atoms with Crippen LogP contribution in [0.4, 0.5) is 4.39 Å². The summed E-state index contributed by atoms with van der Waals surface area (Å²) in [6.07, 6.45) is 1.49. The third-order valence-corrected chi connectivity index (χ3v) is 6.77. The Bertz CT molecular complexity index is 2010. The molecule has 42 heavy (non-hydrogen) atoms. The summed E-state index contributed by atoms with van der Waals surface area (Å²) in [6, 6.07) is 23.5. The van der Waals surface area contributed by atoms with Gasteiger partial charge in [0.1, 0.15) is 18.0 Å². The van der Waals surface area contributed by atoms with Crippen LogP contribution in [0.2, 0.25) is 5.02 Å². The summed E-state index contributed by atoms with van der Waals surface area (Å²) in [5, 5.41) is 6.23. The van der Waals surface area contributed by atoms with E-state index in [1.807, 2.05) is 0 Å². The summed E-state index contributed by atoms with van der Waals surface area (Å²) in [4.78, 5) is 18.3. The molecule has 0 aliphatic heterocycles. The molecule has 0 amide bonds. The number of hydrogen-bond donors (Lipinski definition) is 0. The molecule has 10 heteroatoms. The molecular formula is C32H23ClFN3O5. The number of furan rings is 1. The molecule has 2 heterocycles. The van der Waals surface area contributed by atoms with Gasteiger partial charge in [-0.25, -0.2) is 9.37 Å². The van der Waals surface area contributed by atoms with Crippen LogP contribution in [0.1, 0.15) is 11.1 Å². The van der Waals surface area contributed by atoms with Crippen LogP contribution >= 0.6 is 11.6 Å². The van der Waals surface area contributed by atoms with Gasteiger partial charge < -0.3 is 18.6 Å². The summed E-state index contributed by atoms with van der Waals surface area (Å²) < 4.78 is 37.9. The van der Waals surface area contributed by atoms with Crippen molar-refractivity contribution in [1.82, 2.24) is 9.66 Å². The fourth-order valence-electron chi connectivity index (χ4n) is 4.54.